The SMILES string of the molecule is Cc1ccncc1-c1n(C)cc[n+]1C. The Kier molecular flexibility index (Phi) is 2.08. The summed E-state index contributed by atoms with van der Waals surface area (Å²) in [5.41, 5.74) is 2.43. The topological polar surface area (TPSA) is 21.7 Å². The van der Waals surface area contributed by atoms with Crippen LogP contribution in [0.15, 0.2) is 30.9 Å². The Morgan fingerprint density at radius 2 is 2.21 bits per heavy atom. The maximum absolute atomic E-state index is 4.16. The monoisotopic (exact) mass is 188 g/mol. The minimum absolute atomic E-state index is 1.18. The number of hydrogen-bond acceptors (Lipinski definition) is 1. The van der Waals surface area contributed by atoms with Crippen LogP contribution in [0.5, 0.6) is 0 Å². The predicted molar refractivity (Wildman–Crippen MR) is 54.6 cm³/mol. The van der Waals surface area contributed by atoms with Gasteiger partial charge in [0.2, 0.25) is 0 Å². The molecular weight excluding hydrogens is 174 g/mol. The number of pyridine rings is 1. The largest absolute Gasteiger partial charge is 0.290 e. The van der Waals surface area contributed by atoms with Gasteiger partial charge in [-0.3, -0.25) is 4.98 Å². The number of rotatable bonds is 1. The zero-order valence-electron chi connectivity index (χ0n) is 8.73. The van der Waals surface area contributed by atoms with Crippen LogP contribution in [0.2, 0.25) is 0 Å². The van der Waals surface area contributed by atoms with E-state index in [-0.39, 0.29) is 0 Å². The van der Waals surface area contributed by atoms with Crippen molar-refractivity contribution in [1.29, 1.82) is 0 Å². The van der Waals surface area contributed by atoms with Crippen LogP contribution in [0.25, 0.3) is 11.4 Å². The lowest BCUT2D eigenvalue weighted by atomic mass is 10.1. The third-order valence-corrected chi connectivity index (χ3v) is 2.46. The fourth-order valence-corrected chi connectivity index (χ4v) is 1.67. The molecule has 0 saturated carbocycles. The smallest absolute Gasteiger partial charge is 0.264 e. The molecule has 2 aromatic rings. The molecule has 0 unspecified atom stereocenters. The van der Waals surface area contributed by atoms with Crippen molar-refractivity contribution < 1.29 is 4.57 Å². The second kappa shape index (κ2) is 3.25. The summed E-state index contributed by atoms with van der Waals surface area (Å²) in [6.07, 6.45) is 7.82. The van der Waals surface area contributed by atoms with Crippen molar-refractivity contribution in [3.8, 4) is 11.4 Å². The van der Waals surface area contributed by atoms with E-state index in [2.05, 4.69) is 21.0 Å². The van der Waals surface area contributed by atoms with Gasteiger partial charge in [0, 0.05) is 12.4 Å². The lowest BCUT2D eigenvalue weighted by Crippen LogP contribution is -2.29. The normalized spacial score (nSPS) is 10.5. The molecule has 3 heteroatoms. The summed E-state index contributed by atoms with van der Waals surface area (Å²) in [6.45, 7) is 2.10. The van der Waals surface area contributed by atoms with Gasteiger partial charge in [-0.2, -0.15) is 0 Å². The standard InChI is InChI=1S/C11H14N3/c1-9-4-5-12-8-10(9)11-13(2)6-7-14(11)3/h4-8H,1-3H3/q+1. The fourth-order valence-electron chi connectivity index (χ4n) is 1.67. The second-order valence-corrected chi connectivity index (χ2v) is 3.53. The zero-order chi connectivity index (χ0) is 10.1. The predicted octanol–water partition coefficient (Wildman–Crippen LogP) is 1.22. The highest BCUT2D eigenvalue weighted by molar-refractivity contribution is 5.56. The molecule has 0 N–H and O–H groups in total. The summed E-state index contributed by atoms with van der Waals surface area (Å²) in [5.74, 6) is 1.18. The average Bonchev–Trinajstić information content (AvgIpc) is 2.48. The summed E-state index contributed by atoms with van der Waals surface area (Å²) >= 11 is 0. The van der Waals surface area contributed by atoms with Gasteiger partial charge in [0.1, 0.15) is 12.4 Å². The van der Waals surface area contributed by atoms with Crippen LogP contribution in [0, 0.1) is 6.92 Å². The molecule has 0 atom stereocenters. The van der Waals surface area contributed by atoms with Crippen LogP contribution in [-0.2, 0) is 14.1 Å². The number of aryl methyl sites for hydroxylation is 3. The summed E-state index contributed by atoms with van der Waals surface area (Å²) < 4.78 is 4.20. The molecule has 0 saturated heterocycles. The van der Waals surface area contributed by atoms with E-state index in [9.17, 15) is 0 Å². The maximum Gasteiger partial charge on any atom is 0.290 e. The van der Waals surface area contributed by atoms with E-state index < -0.39 is 0 Å². The summed E-state index contributed by atoms with van der Waals surface area (Å²) in [6, 6.07) is 2.03. The van der Waals surface area contributed by atoms with Crippen LogP contribution in [-0.4, -0.2) is 9.55 Å². The molecule has 0 fully saturated rings. The molecule has 2 heterocycles. The van der Waals surface area contributed by atoms with Crippen LogP contribution in [0.3, 0.4) is 0 Å². The van der Waals surface area contributed by atoms with E-state index in [0.29, 0.717) is 0 Å². The Labute approximate surface area is 83.7 Å². The van der Waals surface area contributed by atoms with Gasteiger partial charge in [-0.1, -0.05) is 0 Å². The second-order valence-electron chi connectivity index (χ2n) is 3.53. The number of aromatic nitrogens is 3. The van der Waals surface area contributed by atoms with Crippen molar-refractivity contribution in [2.75, 3.05) is 0 Å². The van der Waals surface area contributed by atoms with Gasteiger partial charge in [0.05, 0.1) is 19.7 Å². The van der Waals surface area contributed by atoms with Gasteiger partial charge in [-0.15, -0.1) is 0 Å². The van der Waals surface area contributed by atoms with E-state index in [4.69, 9.17) is 0 Å². The summed E-state index contributed by atoms with van der Waals surface area (Å²) in [7, 11) is 4.09. The van der Waals surface area contributed by atoms with Gasteiger partial charge < -0.3 is 0 Å². The highest BCUT2D eigenvalue weighted by atomic mass is 15.1. The van der Waals surface area contributed by atoms with Gasteiger partial charge in [-0.25, -0.2) is 9.13 Å². The van der Waals surface area contributed by atoms with Crippen molar-refractivity contribution in [3.05, 3.63) is 36.4 Å². The first kappa shape index (κ1) is 8.94. The first-order valence-corrected chi connectivity index (χ1v) is 4.62. The molecular formula is C11H14N3+. The lowest BCUT2D eigenvalue weighted by Gasteiger charge is -2.01. The van der Waals surface area contributed by atoms with E-state index in [1.807, 2.05) is 44.9 Å². The van der Waals surface area contributed by atoms with Gasteiger partial charge in [-0.05, 0) is 18.6 Å². The Morgan fingerprint density at radius 1 is 1.43 bits per heavy atom. The van der Waals surface area contributed by atoms with Crippen LogP contribution in [0.1, 0.15) is 5.56 Å². The van der Waals surface area contributed by atoms with Gasteiger partial charge >= 0.3 is 0 Å². The number of imidazole rings is 1. The molecule has 72 valence electrons. The molecule has 0 aliphatic heterocycles. The molecule has 14 heavy (non-hydrogen) atoms. The van der Waals surface area contributed by atoms with Crippen LogP contribution >= 0.6 is 0 Å². The third kappa shape index (κ3) is 1.31. The molecule has 0 aromatic carbocycles. The summed E-state index contributed by atoms with van der Waals surface area (Å²) in [4.78, 5) is 4.16. The van der Waals surface area contributed by atoms with Crippen molar-refractivity contribution in [1.82, 2.24) is 9.55 Å². The Balaban J connectivity index is 2.66. The first-order valence-electron chi connectivity index (χ1n) is 4.62. The van der Waals surface area contributed by atoms with E-state index in [0.717, 1.165) is 0 Å². The molecule has 0 amide bonds. The van der Waals surface area contributed by atoms with Crippen molar-refractivity contribution in [2.45, 2.75) is 6.92 Å². The van der Waals surface area contributed by atoms with Gasteiger partial charge in [0.15, 0.2) is 0 Å². The first-order chi connectivity index (χ1) is 6.70. The molecule has 0 radical (unpaired) electrons. The molecule has 2 rings (SSSR count). The maximum atomic E-state index is 4.16. The van der Waals surface area contributed by atoms with E-state index >= 15 is 0 Å². The van der Waals surface area contributed by atoms with Gasteiger partial charge in [0.25, 0.3) is 5.82 Å². The van der Waals surface area contributed by atoms with Crippen molar-refractivity contribution >= 4 is 0 Å². The van der Waals surface area contributed by atoms with Crippen molar-refractivity contribution in [3.63, 3.8) is 0 Å². The molecule has 2 aromatic heterocycles. The van der Waals surface area contributed by atoms with Crippen molar-refractivity contribution in [2.24, 2.45) is 14.1 Å². The molecule has 0 aliphatic carbocycles. The summed E-state index contributed by atoms with van der Waals surface area (Å²) in [5, 5.41) is 0. The number of hydrogen-bond donors (Lipinski definition) is 0. The zero-order valence-corrected chi connectivity index (χ0v) is 8.73. The van der Waals surface area contributed by atoms with E-state index in [1.165, 1.54) is 17.0 Å². The minimum atomic E-state index is 1.18. The lowest BCUT2D eigenvalue weighted by molar-refractivity contribution is -0.659. The molecule has 0 spiro atoms. The highest BCUT2D eigenvalue weighted by Gasteiger charge is 2.15. The third-order valence-electron chi connectivity index (χ3n) is 2.46. The highest BCUT2D eigenvalue weighted by Crippen LogP contribution is 2.17. The average molecular weight is 188 g/mol. The Bertz CT molecular complexity index is 438. The molecule has 0 bridgehead atoms. The Morgan fingerprint density at radius 3 is 2.79 bits per heavy atom. The Hall–Kier alpha value is -1.64. The number of nitrogens with zero attached hydrogens (tertiary/aromatic N) is 3. The minimum Gasteiger partial charge on any atom is -0.264 e. The molecule has 3 nitrogen and oxygen atoms in total. The fraction of sp³-hybridized carbons (Fsp3) is 0.273. The van der Waals surface area contributed by atoms with E-state index in [1.54, 1.807) is 0 Å². The van der Waals surface area contributed by atoms with Crippen LogP contribution < -0.4 is 4.57 Å². The molecule has 0 aliphatic rings. The quantitative estimate of drug-likeness (QED) is 0.617. The van der Waals surface area contributed by atoms with Crippen LogP contribution in [0.4, 0.5) is 0 Å².